The molecule has 0 spiro atoms. The summed E-state index contributed by atoms with van der Waals surface area (Å²) in [5.74, 6) is 0.212. The van der Waals surface area contributed by atoms with Gasteiger partial charge in [0.1, 0.15) is 6.10 Å². The van der Waals surface area contributed by atoms with Crippen LogP contribution in [0.4, 0.5) is 0 Å². The number of rotatable bonds is 2. The molecule has 2 aromatic rings. The van der Waals surface area contributed by atoms with Gasteiger partial charge in [0.25, 0.3) is 0 Å². The summed E-state index contributed by atoms with van der Waals surface area (Å²) in [5, 5.41) is 3.25. The van der Waals surface area contributed by atoms with Crippen molar-refractivity contribution in [3.05, 3.63) is 59.7 Å². The molecule has 0 aliphatic carbocycles. The van der Waals surface area contributed by atoms with Gasteiger partial charge < -0.3 is 15.0 Å². The third-order valence-corrected chi connectivity index (χ3v) is 7.70. The van der Waals surface area contributed by atoms with E-state index in [1.807, 2.05) is 4.90 Å². The van der Waals surface area contributed by atoms with E-state index in [0.29, 0.717) is 19.6 Å². The van der Waals surface area contributed by atoms with Crippen LogP contribution in [0.3, 0.4) is 0 Å². The van der Waals surface area contributed by atoms with Crippen LogP contribution in [0.15, 0.2) is 48.5 Å². The molecule has 5 rings (SSSR count). The predicted octanol–water partition coefficient (Wildman–Crippen LogP) is 4.67. The van der Waals surface area contributed by atoms with Crippen LogP contribution in [0.1, 0.15) is 62.5 Å². The molecule has 5 nitrogen and oxygen atoms in total. The largest absolute Gasteiger partial charge is 0.368 e. The molecule has 3 aliphatic heterocycles. The minimum Gasteiger partial charge on any atom is -0.368 e. The fourth-order valence-electron chi connectivity index (χ4n) is 5.86. The number of fused-ring (bicyclic) bond motifs is 5. The molecular weight excluding hydrogens is 424 g/mol. The van der Waals surface area contributed by atoms with E-state index in [-0.39, 0.29) is 30.0 Å². The first-order valence-electron chi connectivity index (χ1n) is 13.1. The average Bonchev–Trinajstić information content (AvgIpc) is 3.52. The summed E-state index contributed by atoms with van der Waals surface area (Å²) in [4.78, 5) is 28.1. The molecule has 2 fully saturated rings. The monoisotopic (exact) mass is 460 g/mol. The molecule has 2 saturated heterocycles. The van der Waals surface area contributed by atoms with Crippen LogP contribution in [0.2, 0.25) is 0 Å². The maximum atomic E-state index is 13.2. The van der Waals surface area contributed by atoms with Gasteiger partial charge in [-0.3, -0.25) is 9.59 Å². The quantitative estimate of drug-likeness (QED) is 0.709. The van der Waals surface area contributed by atoms with Crippen LogP contribution >= 0.6 is 0 Å². The summed E-state index contributed by atoms with van der Waals surface area (Å²) < 4.78 is 5.61. The SMILES string of the molecule is O=C(NC1CCN2C(=O)CCCCCCc3ccccc3-c3cccc(c3)CC12)C1CCCO1. The zero-order valence-electron chi connectivity index (χ0n) is 20.0. The second-order valence-electron chi connectivity index (χ2n) is 10.0. The highest BCUT2D eigenvalue weighted by Crippen LogP contribution is 2.29. The highest BCUT2D eigenvalue weighted by atomic mass is 16.5. The van der Waals surface area contributed by atoms with Gasteiger partial charge in [-0.05, 0) is 67.2 Å². The standard InChI is InChI=1S/C29H36N2O3/c32-28-15-4-2-1-3-10-22-11-5-6-13-24(22)23-12-7-9-21(19-23)20-26-25(16-17-31(26)28)30-29(33)27-14-8-18-34-27/h5-7,9,11-13,19,25-27H,1-4,8,10,14-18,20H2,(H,30,33). The van der Waals surface area contributed by atoms with E-state index in [2.05, 4.69) is 53.8 Å². The summed E-state index contributed by atoms with van der Waals surface area (Å²) in [6.45, 7) is 1.37. The first-order chi connectivity index (χ1) is 16.7. The molecule has 0 radical (unpaired) electrons. The van der Waals surface area contributed by atoms with E-state index in [9.17, 15) is 9.59 Å². The Morgan fingerprint density at radius 1 is 0.941 bits per heavy atom. The molecule has 180 valence electrons. The summed E-state index contributed by atoms with van der Waals surface area (Å²) in [6, 6.07) is 17.4. The van der Waals surface area contributed by atoms with E-state index in [1.165, 1.54) is 22.3 Å². The first-order valence-corrected chi connectivity index (χ1v) is 13.1. The van der Waals surface area contributed by atoms with Crippen LogP contribution in [0, 0.1) is 0 Å². The van der Waals surface area contributed by atoms with Crippen molar-refractivity contribution in [2.24, 2.45) is 0 Å². The van der Waals surface area contributed by atoms with Crippen molar-refractivity contribution in [2.75, 3.05) is 13.2 Å². The number of amides is 2. The highest BCUT2D eigenvalue weighted by Gasteiger charge is 2.39. The lowest BCUT2D eigenvalue weighted by atomic mass is 9.93. The first kappa shape index (κ1) is 23.1. The molecule has 3 atom stereocenters. The lowest BCUT2D eigenvalue weighted by Crippen LogP contribution is -2.50. The van der Waals surface area contributed by atoms with Crippen LogP contribution < -0.4 is 5.32 Å². The Labute approximate surface area is 202 Å². The molecule has 3 aliphatic rings. The van der Waals surface area contributed by atoms with Gasteiger partial charge in [-0.25, -0.2) is 0 Å². The molecular formula is C29H36N2O3. The van der Waals surface area contributed by atoms with Crippen molar-refractivity contribution in [1.82, 2.24) is 10.2 Å². The van der Waals surface area contributed by atoms with Crippen LogP contribution in [0.5, 0.6) is 0 Å². The van der Waals surface area contributed by atoms with E-state index in [0.717, 1.165) is 57.8 Å². The van der Waals surface area contributed by atoms with Gasteiger partial charge in [0.2, 0.25) is 11.8 Å². The number of benzene rings is 2. The van der Waals surface area contributed by atoms with E-state index in [1.54, 1.807) is 0 Å². The lowest BCUT2D eigenvalue weighted by Gasteiger charge is -2.29. The van der Waals surface area contributed by atoms with Gasteiger partial charge in [-0.1, -0.05) is 61.4 Å². The van der Waals surface area contributed by atoms with Crippen molar-refractivity contribution >= 4 is 11.8 Å². The van der Waals surface area contributed by atoms with Gasteiger partial charge in [-0.15, -0.1) is 0 Å². The van der Waals surface area contributed by atoms with Crippen molar-refractivity contribution in [3.8, 4) is 11.1 Å². The summed E-state index contributed by atoms with van der Waals surface area (Å²) in [7, 11) is 0. The lowest BCUT2D eigenvalue weighted by molar-refractivity contribution is -0.134. The van der Waals surface area contributed by atoms with Gasteiger partial charge >= 0.3 is 0 Å². The zero-order chi connectivity index (χ0) is 23.3. The third-order valence-electron chi connectivity index (χ3n) is 7.70. The van der Waals surface area contributed by atoms with Gasteiger partial charge in [0.15, 0.2) is 0 Å². The van der Waals surface area contributed by atoms with E-state index < -0.39 is 0 Å². The fourth-order valence-corrected chi connectivity index (χ4v) is 5.86. The van der Waals surface area contributed by atoms with E-state index in [4.69, 9.17) is 4.74 Å². The number of nitrogens with one attached hydrogen (secondary N) is 1. The van der Waals surface area contributed by atoms with E-state index >= 15 is 0 Å². The van der Waals surface area contributed by atoms with Crippen molar-refractivity contribution in [3.63, 3.8) is 0 Å². The van der Waals surface area contributed by atoms with Crippen LogP contribution in [0.25, 0.3) is 11.1 Å². The third kappa shape index (κ3) is 5.20. The van der Waals surface area contributed by atoms with Crippen LogP contribution in [-0.4, -0.2) is 48.1 Å². The average molecular weight is 461 g/mol. The Kier molecular flexibility index (Phi) is 7.29. The Bertz CT molecular complexity index is 1010. The number of carbonyl (C=O) groups excluding carboxylic acids is 2. The van der Waals surface area contributed by atoms with Crippen molar-refractivity contribution in [1.29, 1.82) is 0 Å². The minimum atomic E-state index is -0.341. The summed E-state index contributed by atoms with van der Waals surface area (Å²) in [6.07, 6.45) is 8.91. The highest BCUT2D eigenvalue weighted by molar-refractivity contribution is 5.82. The molecule has 34 heavy (non-hydrogen) atoms. The number of ether oxygens (including phenoxy) is 1. The molecule has 0 aromatic heterocycles. The molecule has 3 unspecified atom stereocenters. The molecule has 3 heterocycles. The smallest absolute Gasteiger partial charge is 0.249 e. The maximum Gasteiger partial charge on any atom is 0.249 e. The summed E-state index contributed by atoms with van der Waals surface area (Å²) >= 11 is 0. The zero-order valence-corrected chi connectivity index (χ0v) is 20.0. The molecule has 1 N–H and O–H groups in total. The number of aryl methyl sites for hydroxylation is 1. The summed E-state index contributed by atoms with van der Waals surface area (Å²) in [5.41, 5.74) is 5.15. The topological polar surface area (TPSA) is 58.6 Å². The number of hydrogen-bond acceptors (Lipinski definition) is 3. The fraction of sp³-hybridized carbons (Fsp3) is 0.517. The Balaban J connectivity index is 1.43. The molecule has 2 amide bonds. The maximum absolute atomic E-state index is 13.2. The second kappa shape index (κ2) is 10.7. The van der Waals surface area contributed by atoms with Crippen LogP contribution in [-0.2, 0) is 27.2 Å². The Hall–Kier alpha value is -2.66. The minimum absolute atomic E-state index is 0.0182. The normalized spacial score (nSPS) is 25.7. The predicted molar refractivity (Wildman–Crippen MR) is 133 cm³/mol. The number of carbonyl (C=O) groups is 2. The Morgan fingerprint density at radius 3 is 2.65 bits per heavy atom. The van der Waals surface area contributed by atoms with Gasteiger partial charge in [0, 0.05) is 19.6 Å². The van der Waals surface area contributed by atoms with Crippen molar-refractivity contribution < 1.29 is 14.3 Å². The van der Waals surface area contributed by atoms with Crippen molar-refractivity contribution in [2.45, 2.75) is 82.4 Å². The second-order valence-corrected chi connectivity index (χ2v) is 10.0. The Morgan fingerprint density at radius 2 is 1.79 bits per heavy atom. The molecule has 2 bridgehead atoms. The number of hydrogen-bond donors (Lipinski definition) is 1. The van der Waals surface area contributed by atoms with Gasteiger partial charge in [-0.2, -0.15) is 0 Å². The van der Waals surface area contributed by atoms with Gasteiger partial charge in [0.05, 0.1) is 12.1 Å². The molecule has 5 heteroatoms. The number of nitrogens with zero attached hydrogens (tertiary/aromatic N) is 1. The molecule has 2 aromatic carbocycles. The molecule has 0 saturated carbocycles.